The van der Waals surface area contributed by atoms with Crippen molar-refractivity contribution < 1.29 is 8.83 Å². The van der Waals surface area contributed by atoms with Crippen molar-refractivity contribution >= 4 is 65.5 Å². The average Bonchev–Trinajstić information content (AvgIpc) is 3.67. The molecule has 0 saturated carbocycles. The van der Waals surface area contributed by atoms with Gasteiger partial charge in [-0.3, -0.25) is 0 Å². The van der Waals surface area contributed by atoms with Crippen LogP contribution in [0.1, 0.15) is 0 Å². The molecular formula is C43H25NO3. The second-order valence-electron chi connectivity index (χ2n) is 12.0. The zero-order valence-electron chi connectivity index (χ0n) is 25.1. The van der Waals surface area contributed by atoms with Gasteiger partial charge in [0.15, 0.2) is 0 Å². The second-order valence-corrected chi connectivity index (χ2v) is 12.0. The molecule has 47 heavy (non-hydrogen) atoms. The van der Waals surface area contributed by atoms with Crippen LogP contribution in [0.4, 0.5) is 0 Å². The lowest BCUT2D eigenvalue weighted by Gasteiger charge is -2.14. The fraction of sp³-hybridized carbons (Fsp3) is 0. The van der Waals surface area contributed by atoms with E-state index in [2.05, 4.69) is 89.5 Å². The highest BCUT2D eigenvalue weighted by Crippen LogP contribution is 2.43. The molecule has 4 nitrogen and oxygen atoms in total. The smallest absolute Gasteiger partial charge is 0.344 e. The molecule has 0 saturated heterocycles. The van der Waals surface area contributed by atoms with Crippen molar-refractivity contribution in [3.63, 3.8) is 0 Å². The zero-order valence-corrected chi connectivity index (χ0v) is 25.1. The number of para-hydroxylation sites is 3. The van der Waals surface area contributed by atoms with Crippen LogP contribution in [0, 0.1) is 0 Å². The summed E-state index contributed by atoms with van der Waals surface area (Å²) in [5.41, 5.74) is 9.30. The Morgan fingerprint density at radius 2 is 1.09 bits per heavy atom. The normalized spacial score (nSPS) is 11.9. The topological polar surface area (TPSA) is 48.3 Å². The molecule has 0 aliphatic heterocycles. The van der Waals surface area contributed by atoms with Crippen molar-refractivity contribution in [2.45, 2.75) is 0 Å². The molecule has 0 bridgehead atoms. The van der Waals surface area contributed by atoms with E-state index in [1.54, 1.807) is 0 Å². The van der Waals surface area contributed by atoms with Gasteiger partial charge in [0.25, 0.3) is 0 Å². The SMILES string of the molecule is O=c1oc2cc(-c3ccc4c(c3)c3ccccc3n4-c3ccccc3)cc(-c3cccc4oc5ccccc5c34)c2c2ccccc12. The fourth-order valence-corrected chi connectivity index (χ4v) is 7.39. The number of aromatic nitrogens is 1. The van der Waals surface area contributed by atoms with Crippen LogP contribution in [0.25, 0.3) is 93.4 Å². The number of fused-ring (bicyclic) bond motifs is 9. The molecule has 10 aromatic rings. The Kier molecular flexibility index (Phi) is 5.40. The van der Waals surface area contributed by atoms with Gasteiger partial charge >= 0.3 is 5.63 Å². The molecule has 0 amide bonds. The molecule has 3 heterocycles. The highest BCUT2D eigenvalue weighted by molar-refractivity contribution is 6.20. The fourth-order valence-electron chi connectivity index (χ4n) is 7.39. The average molecular weight is 604 g/mol. The monoisotopic (exact) mass is 603 g/mol. The van der Waals surface area contributed by atoms with Crippen LogP contribution in [0.15, 0.2) is 165 Å². The Hall–Kier alpha value is -6.39. The molecule has 0 atom stereocenters. The molecule has 7 aromatic carbocycles. The number of nitrogens with zero attached hydrogens (tertiary/aromatic N) is 1. The molecule has 0 N–H and O–H groups in total. The van der Waals surface area contributed by atoms with E-state index < -0.39 is 0 Å². The summed E-state index contributed by atoms with van der Waals surface area (Å²) in [4.78, 5) is 13.3. The second kappa shape index (κ2) is 9.80. The number of rotatable bonds is 3. The number of benzene rings is 7. The third-order valence-electron chi connectivity index (χ3n) is 9.43. The number of furan rings is 1. The van der Waals surface area contributed by atoms with Crippen LogP contribution in [-0.2, 0) is 0 Å². The summed E-state index contributed by atoms with van der Waals surface area (Å²) in [6.45, 7) is 0. The van der Waals surface area contributed by atoms with Crippen molar-refractivity contribution in [1.82, 2.24) is 4.57 Å². The third-order valence-corrected chi connectivity index (χ3v) is 9.43. The van der Waals surface area contributed by atoms with Crippen molar-refractivity contribution in [2.24, 2.45) is 0 Å². The highest BCUT2D eigenvalue weighted by atomic mass is 16.4. The van der Waals surface area contributed by atoms with Gasteiger partial charge in [-0.1, -0.05) is 91.0 Å². The summed E-state index contributed by atoms with van der Waals surface area (Å²) >= 11 is 0. The van der Waals surface area contributed by atoms with Crippen LogP contribution in [0.3, 0.4) is 0 Å². The molecule has 10 rings (SSSR count). The minimum Gasteiger partial charge on any atom is -0.456 e. The molecule has 0 aliphatic carbocycles. The van der Waals surface area contributed by atoms with Crippen molar-refractivity contribution in [2.75, 3.05) is 0 Å². The minimum atomic E-state index is -0.343. The highest BCUT2D eigenvalue weighted by Gasteiger charge is 2.20. The van der Waals surface area contributed by atoms with E-state index in [-0.39, 0.29) is 5.63 Å². The van der Waals surface area contributed by atoms with E-state index in [9.17, 15) is 4.79 Å². The molecule has 0 spiro atoms. The van der Waals surface area contributed by atoms with Gasteiger partial charge in [-0.15, -0.1) is 0 Å². The minimum absolute atomic E-state index is 0.343. The van der Waals surface area contributed by atoms with E-state index in [1.165, 1.54) is 5.39 Å². The molecular weight excluding hydrogens is 578 g/mol. The molecule has 4 heteroatoms. The van der Waals surface area contributed by atoms with E-state index in [0.717, 1.165) is 77.1 Å². The summed E-state index contributed by atoms with van der Waals surface area (Å²) < 4.78 is 14.7. The largest absolute Gasteiger partial charge is 0.456 e. The van der Waals surface area contributed by atoms with Crippen LogP contribution >= 0.6 is 0 Å². The van der Waals surface area contributed by atoms with Gasteiger partial charge in [0.05, 0.1) is 16.4 Å². The van der Waals surface area contributed by atoms with Crippen LogP contribution in [0.2, 0.25) is 0 Å². The Labute approximate surface area is 268 Å². The first-order chi connectivity index (χ1) is 23.2. The van der Waals surface area contributed by atoms with Gasteiger partial charge in [0.1, 0.15) is 16.7 Å². The Morgan fingerprint density at radius 1 is 0.404 bits per heavy atom. The number of hydrogen-bond donors (Lipinski definition) is 0. The summed E-state index contributed by atoms with van der Waals surface area (Å²) in [6.07, 6.45) is 0. The van der Waals surface area contributed by atoms with E-state index in [0.29, 0.717) is 11.0 Å². The van der Waals surface area contributed by atoms with E-state index in [4.69, 9.17) is 8.83 Å². The quantitative estimate of drug-likeness (QED) is 0.149. The summed E-state index contributed by atoms with van der Waals surface area (Å²) in [7, 11) is 0. The maximum Gasteiger partial charge on any atom is 0.344 e. The van der Waals surface area contributed by atoms with Crippen LogP contribution in [0.5, 0.6) is 0 Å². The lowest BCUT2D eigenvalue weighted by Crippen LogP contribution is -2.00. The zero-order chi connectivity index (χ0) is 31.1. The van der Waals surface area contributed by atoms with Gasteiger partial charge < -0.3 is 13.4 Å². The Bertz CT molecular complexity index is 2930. The third kappa shape index (κ3) is 3.79. The molecule has 0 unspecified atom stereocenters. The van der Waals surface area contributed by atoms with Gasteiger partial charge in [0.2, 0.25) is 0 Å². The summed E-state index contributed by atoms with van der Waals surface area (Å²) in [5.74, 6) is 0. The first-order valence-electron chi connectivity index (χ1n) is 15.7. The first-order valence-corrected chi connectivity index (χ1v) is 15.7. The lowest BCUT2D eigenvalue weighted by atomic mass is 9.90. The Morgan fingerprint density at radius 3 is 1.96 bits per heavy atom. The van der Waals surface area contributed by atoms with Gasteiger partial charge in [-0.25, -0.2) is 4.79 Å². The predicted octanol–water partition coefficient (Wildman–Crippen LogP) is 11.3. The molecule has 220 valence electrons. The van der Waals surface area contributed by atoms with Crippen molar-refractivity contribution in [1.29, 1.82) is 0 Å². The molecule has 0 fully saturated rings. The number of hydrogen-bond acceptors (Lipinski definition) is 3. The summed E-state index contributed by atoms with van der Waals surface area (Å²) in [5, 5.41) is 6.77. The standard InChI is InChI=1S/C43H25NO3/c45-43-32-15-5-4-14-30(32)42-35(31-17-10-20-39-41(31)33-16-7-9-19-38(33)46-39)24-27(25-40(42)47-43)26-21-22-37-34(23-26)29-13-6-8-18-36(29)44(37)28-11-2-1-3-12-28/h1-25H. The van der Waals surface area contributed by atoms with Gasteiger partial charge in [-0.2, -0.15) is 0 Å². The Balaban J connectivity index is 1.30. The summed E-state index contributed by atoms with van der Waals surface area (Å²) in [6, 6.07) is 51.9. The lowest BCUT2D eigenvalue weighted by molar-refractivity contribution is 0.570. The van der Waals surface area contributed by atoms with Crippen LogP contribution < -0.4 is 5.63 Å². The van der Waals surface area contributed by atoms with Gasteiger partial charge in [0, 0.05) is 38.0 Å². The maximum atomic E-state index is 13.3. The van der Waals surface area contributed by atoms with Crippen molar-refractivity contribution in [3.8, 4) is 27.9 Å². The van der Waals surface area contributed by atoms with Crippen molar-refractivity contribution in [3.05, 3.63) is 162 Å². The van der Waals surface area contributed by atoms with Gasteiger partial charge in [-0.05, 0) is 82.9 Å². The first kappa shape index (κ1) is 25.9. The van der Waals surface area contributed by atoms with Crippen LogP contribution in [-0.4, -0.2) is 4.57 Å². The molecule has 3 aromatic heterocycles. The van der Waals surface area contributed by atoms with E-state index in [1.807, 2.05) is 66.7 Å². The predicted molar refractivity (Wildman–Crippen MR) is 192 cm³/mol. The molecule has 0 aliphatic rings. The van der Waals surface area contributed by atoms with E-state index >= 15 is 0 Å². The maximum absolute atomic E-state index is 13.3. The molecule has 0 radical (unpaired) electrons.